The van der Waals surface area contributed by atoms with Gasteiger partial charge in [0.25, 0.3) is 11.5 Å². The summed E-state index contributed by atoms with van der Waals surface area (Å²) in [6.07, 6.45) is 1.13. The number of nitrogens with zero attached hydrogens (tertiary/aromatic N) is 3. The van der Waals surface area contributed by atoms with Crippen molar-refractivity contribution in [2.75, 3.05) is 5.32 Å². The minimum Gasteiger partial charge on any atom is -0.478 e. The molecular weight excluding hydrogens is 264 g/mol. The Hall–Kier alpha value is -3.03. The van der Waals surface area contributed by atoms with Gasteiger partial charge in [-0.1, -0.05) is 0 Å². The molecule has 0 atom stereocenters. The van der Waals surface area contributed by atoms with Crippen LogP contribution in [0.5, 0.6) is 0 Å². The van der Waals surface area contributed by atoms with E-state index in [1.807, 2.05) is 0 Å². The van der Waals surface area contributed by atoms with E-state index >= 15 is 0 Å². The first-order chi connectivity index (χ1) is 9.47. The molecular formula is C12H10N4O4. The summed E-state index contributed by atoms with van der Waals surface area (Å²) in [4.78, 5) is 37.5. The van der Waals surface area contributed by atoms with Gasteiger partial charge in [0.2, 0.25) is 0 Å². The first kappa shape index (κ1) is 13.4. The van der Waals surface area contributed by atoms with E-state index in [1.54, 1.807) is 0 Å². The number of rotatable bonds is 3. The fraction of sp³-hybridized carbons (Fsp3) is 0.0833. The summed E-state index contributed by atoms with van der Waals surface area (Å²) in [6.45, 7) is 0. The number of carbonyl (C=O) groups is 2. The van der Waals surface area contributed by atoms with Crippen LogP contribution in [0.3, 0.4) is 0 Å². The molecule has 2 aromatic rings. The summed E-state index contributed by atoms with van der Waals surface area (Å²) >= 11 is 0. The molecule has 0 aliphatic rings. The van der Waals surface area contributed by atoms with Gasteiger partial charge in [0.1, 0.15) is 11.5 Å². The third-order valence-electron chi connectivity index (χ3n) is 2.45. The fourth-order valence-corrected chi connectivity index (χ4v) is 1.40. The van der Waals surface area contributed by atoms with Crippen molar-refractivity contribution in [1.29, 1.82) is 0 Å². The third kappa shape index (κ3) is 2.86. The molecule has 0 aliphatic carbocycles. The molecule has 0 radical (unpaired) electrons. The second kappa shape index (κ2) is 5.31. The van der Waals surface area contributed by atoms with E-state index < -0.39 is 11.9 Å². The largest absolute Gasteiger partial charge is 0.478 e. The van der Waals surface area contributed by atoms with Gasteiger partial charge in [0, 0.05) is 19.3 Å². The maximum atomic E-state index is 11.9. The van der Waals surface area contributed by atoms with Crippen molar-refractivity contribution in [2.45, 2.75) is 0 Å². The Morgan fingerprint density at radius 1 is 1.25 bits per heavy atom. The molecule has 0 saturated carbocycles. The molecule has 2 heterocycles. The summed E-state index contributed by atoms with van der Waals surface area (Å²) in [5.41, 5.74) is -0.259. The first-order valence-electron chi connectivity index (χ1n) is 5.52. The Labute approximate surface area is 112 Å². The van der Waals surface area contributed by atoms with Gasteiger partial charge in [-0.3, -0.25) is 9.59 Å². The number of pyridine rings is 1. The Bertz CT molecular complexity index is 721. The van der Waals surface area contributed by atoms with Gasteiger partial charge in [0.05, 0.1) is 5.56 Å². The molecule has 2 N–H and O–H groups in total. The lowest BCUT2D eigenvalue weighted by Gasteiger charge is -2.04. The van der Waals surface area contributed by atoms with E-state index in [4.69, 9.17) is 5.11 Å². The van der Waals surface area contributed by atoms with Crippen LogP contribution in [0.2, 0.25) is 0 Å². The van der Waals surface area contributed by atoms with Gasteiger partial charge in [-0.2, -0.15) is 5.10 Å². The minimum absolute atomic E-state index is 0.0169. The number of hydrogen-bond acceptors (Lipinski definition) is 5. The summed E-state index contributed by atoms with van der Waals surface area (Å²) in [5, 5.41) is 15.0. The van der Waals surface area contributed by atoms with E-state index in [2.05, 4.69) is 15.4 Å². The molecule has 0 unspecified atom stereocenters. The van der Waals surface area contributed by atoms with Crippen LogP contribution < -0.4 is 10.9 Å². The van der Waals surface area contributed by atoms with Gasteiger partial charge >= 0.3 is 5.97 Å². The van der Waals surface area contributed by atoms with Crippen molar-refractivity contribution in [2.24, 2.45) is 7.05 Å². The SMILES string of the molecule is Cn1nc(C(=O)Nc2ccc(C(=O)O)cn2)ccc1=O. The van der Waals surface area contributed by atoms with Crippen molar-refractivity contribution < 1.29 is 14.7 Å². The Morgan fingerprint density at radius 2 is 2.00 bits per heavy atom. The predicted octanol–water partition coefficient (Wildman–Crippen LogP) is 0.126. The molecule has 0 fully saturated rings. The van der Waals surface area contributed by atoms with Crippen LogP contribution in [-0.2, 0) is 7.05 Å². The lowest BCUT2D eigenvalue weighted by atomic mass is 10.3. The molecule has 1 amide bonds. The number of aromatic carboxylic acids is 1. The highest BCUT2D eigenvalue weighted by atomic mass is 16.4. The normalized spacial score (nSPS) is 10.1. The molecule has 8 heteroatoms. The quantitative estimate of drug-likeness (QED) is 0.822. The highest BCUT2D eigenvalue weighted by molar-refractivity contribution is 6.02. The molecule has 0 aliphatic heterocycles. The fourth-order valence-electron chi connectivity index (χ4n) is 1.40. The van der Waals surface area contributed by atoms with Gasteiger partial charge < -0.3 is 10.4 Å². The smallest absolute Gasteiger partial charge is 0.337 e. The van der Waals surface area contributed by atoms with Gasteiger partial charge in [-0.25, -0.2) is 14.5 Å². The average Bonchev–Trinajstić information content (AvgIpc) is 2.42. The van der Waals surface area contributed by atoms with Crippen LogP contribution >= 0.6 is 0 Å². The zero-order valence-corrected chi connectivity index (χ0v) is 10.4. The number of amides is 1. The maximum Gasteiger partial charge on any atom is 0.337 e. The van der Waals surface area contributed by atoms with Crippen molar-refractivity contribution in [3.05, 3.63) is 52.1 Å². The summed E-state index contributed by atoms with van der Waals surface area (Å²) in [7, 11) is 1.43. The van der Waals surface area contributed by atoms with Crippen molar-refractivity contribution >= 4 is 17.7 Å². The Kier molecular flexibility index (Phi) is 3.56. The van der Waals surface area contributed by atoms with Crippen molar-refractivity contribution in [3.63, 3.8) is 0 Å². The number of aryl methyl sites for hydroxylation is 1. The van der Waals surface area contributed by atoms with Crippen LogP contribution in [0.4, 0.5) is 5.82 Å². The number of hydrogen-bond donors (Lipinski definition) is 2. The number of anilines is 1. The highest BCUT2D eigenvalue weighted by Crippen LogP contribution is 2.06. The lowest BCUT2D eigenvalue weighted by molar-refractivity contribution is 0.0696. The number of carboxylic acids is 1. The Morgan fingerprint density at radius 3 is 2.55 bits per heavy atom. The van der Waals surface area contributed by atoms with Crippen LogP contribution in [0.15, 0.2) is 35.3 Å². The topological polar surface area (TPSA) is 114 Å². The van der Waals surface area contributed by atoms with E-state index in [0.717, 1.165) is 10.9 Å². The van der Waals surface area contributed by atoms with E-state index in [0.29, 0.717) is 0 Å². The monoisotopic (exact) mass is 274 g/mol. The van der Waals surface area contributed by atoms with Gasteiger partial charge in [0.15, 0.2) is 0 Å². The second-order valence-electron chi connectivity index (χ2n) is 3.87. The zero-order valence-electron chi connectivity index (χ0n) is 10.4. The van der Waals surface area contributed by atoms with E-state index in [9.17, 15) is 14.4 Å². The number of aromatic nitrogens is 3. The molecule has 0 aromatic carbocycles. The van der Waals surface area contributed by atoms with E-state index in [1.165, 1.54) is 31.3 Å². The average molecular weight is 274 g/mol. The minimum atomic E-state index is -1.10. The summed E-state index contributed by atoms with van der Waals surface area (Å²) in [6, 6.07) is 5.20. The van der Waals surface area contributed by atoms with Crippen LogP contribution in [0.1, 0.15) is 20.8 Å². The zero-order chi connectivity index (χ0) is 14.7. The molecule has 0 saturated heterocycles. The lowest BCUT2D eigenvalue weighted by Crippen LogP contribution is -2.23. The maximum absolute atomic E-state index is 11.9. The standard InChI is InChI=1S/C12H10N4O4/c1-16-10(17)5-3-8(15-16)11(18)14-9-4-2-7(6-13-9)12(19)20/h2-6H,1H3,(H,19,20)(H,13,14,18). The number of carbonyl (C=O) groups excluding carboxylic acids is 1. The summed E-state index contributed by atoms with van der Waals surface area (Å²) in [5.74, 6) is -1.46. The Balaban J connectivity index is 2.16. The molecule has 2 aromatic heterocycles. The van der Waals surface area contributed by atoms with Crippen LogP contribution in [0.25, 0.3) is 0 Å². The highest BCUT2D eigenvalue weighted by Gasteiger charge is 2.10. The second-order valence-corrected chi connectivity index (χ2v) is 3.87. The van der Waals surface area contributed by atoms with Crippen molar-refractivity contribution in [3.8, 4) is 0 Å². The molecule has 102 valence electrons. The number of nitrogens with one attached hydrogen (secondary N) is 1. The third-order valence-corrected chi connectivity index (χ3v) is 2.45. The van der Waals surface area contributed by atoms with Crippen LogP contribution in [-0.4, -0.2) is 31.7 Å². The molecule has 8 nitrogen and oxygen atoms in total. The van der Waals surface area contributed by atoms with Crippen LogP contribution in [0, 0.1) is 0 Å². The van der Waals surface area contributed by atoms with E-state index in [-0.39, 0.29) is 22.6 Å². The predicted molar refractivity (Wildman–Crippen MR) is 68.6 cm³/mol. The molecule has 2 rings (SSSR count). The van der Waals surface area contributed by atoms with Gasteiger partial charge in [-0.15, -0.1) is 0 Å². The molecule has 0 spiro atoms. The molecule has 20 heavy (non-hydrogen) atoms. The van der Waals surface area contributed by atoms with Gasteiger partial charge in [-0.05, 0) is 18.2 Å². The molecule has 0 bridgehead atoms. The van der Waals surface area contributed by atoms with Crippen molar-refractivity contribution in [1.82, 2.24) is 14.8 Å². The first-order valence-corrected chi connectivity index (χ1v) is 5.52. The summed E-state index contributed by atoms with van der Waals surface area (Å²) < 4.78 is 1.04. The number of carboxylic acid groups (broad SMARTS) is 1.